The van der Waals surface area contributed by atoms with E-state index < -0.39 is 0 Å². The molecular formula is C12H19N3. The van der Waals surface area contributed by atoms with Gasteiger partial charge in [-0.2, -0.15) is 5.10 Å². The van der Waals surface area contributed by atoms with Crippen LogP contribution < -0.4 is 5.32 Å². The molecule has 3 heteroatoms. The van der Waals surface area contributed by atoms with Gasteiger partial charge in [0, 0.05) is 12.2 Å². The lowest BCUT2D eigenvalue weighted by Crippen LogP contribution is -2.21. The van der Waals surface area contributed by atoms with Crippen LogP contribution >= 0.6 is 0 Å². The Hall–Kier alpha value is -1.27. The van der Waals surface area contributed by atoms with E-state index in [9.17, 15) is 0 Å². The fourth-order valence-corrected chi connectivity index (χ4v) is 1.81. The molecule has 0 aliphatic heterocycles. The van der Waals surface area contributed by atoms with E-state index in [0.29, 0.717) is 6.54 Å². The van der Waals surface area contributed by atoms with Crippen molar-refractivity contribution in [3.8, 4) is 12.3 Å². The molecule has 0 amide bonds. The Kier molecular flexibility index (Phi) is 4.38. The maximum atomic E-state index is 5.15. The molecule has 1 N–H and O–H groups in total. The second kappa shape index (κ2) is 5.57. The lowest BCUT2D eigenvalue weighted by molar-refractivity contribution is 0.559. The van der Waals surface area contributed by atoms with Gasteiger partial charge in [-0.25, -0.2) is 0 Å². The maximum absolute atomic E-state index is 5.15. The normalized spacial score (nSPS) is 10.3. The number of nitrogens with one attached hydrogen (secondary N) is 1. The van der Waals surface area contributed by atoms with Crippen molar-refractivity contribution in [2.24, 2.45) is 0 Å². The van der Waals surface area contributed by atoms with Crippen molar-refractivity contribution in [2.75, 3.05) is 13.1 Å². The third-order valence-electron chi connectivity index (χ3n) is 2.61. The van der Waals surface area contributed by atoms with E-state index in [2.05, 4.69) is 41.8 Å². The highest BCUT2D eigenvalue weighted by atomic mass is 15.3. The monoisotopic (exact) mass is 205 g/mol. The molecule has 1 rings (SSSR count). The van der Waals surface area contributed by atoms with Crippen molar-refractivity contribution in [2.45, 2.75) is 33.7 Å². The smallest absolute Gasteiger partial charge is 0.0628 e. The SMILES string of the molecule is C#CCNCCn1nc(C)c(CC)c1C. The summed E-state index contributed by atoms with van der Waals surface area (Å²) < 4.78 is 2.05. The average Bonchev–Trinajstić information content (AvgIpc) is 2.49. The molecule has 3 nitrogen and oxygen atoms in total. The van der Waals surface area contributed by atoms with Gasteiger partial charge in [0.05, 0.1) is 18.8 Å². The molecule has 0 fully saturated rings. The minimum Gasteiger partial charge on any atom is -0.304 e. The van der Waals surface area contributed by atoms with Crippen LogP contribution in [0.15, 0.2) is 0 Å². The van der Waals surface area contributed by atoms with Gasteiger partial charge < -0.3 is 5.32 Å². The summed E-state index contributed by atoms with van der Waals surface area (Å²) in [4.78, 5) is 0. The summed E-state index contributed by atoms with van der Waals surface area (Å²) in [5.41, 5.74) is 3.79. The highest BCUT2D eigenvalue weighted by molar-refractivity contribution is 5.24. The fourth-order valence-electron chi connectivity index (χ4n) is 1.81. The van der Waals surface area contributed by atoms with E-state index in [1.165, 1.54) is 11.3 Å². The number of nitrogens with zero attached hydrogens (tertiary/aromatic N) is 2. The lowest BCUT2D eigenvalue weighted by atomic mass is 10.1. The molecule has 0 unspecified atom stereocenters. The lowest BCUT2D eigenvalue weighted by Gasteiger charge is -2.04. The van der Waals surface area contributed by atoms with Crippen LogP contribution in [0.25, 0.3) is 0 Å². The largest absolute Gasteiger partial charge is 0.304 e. The third kappa shape index (κ3) is 2.84. The van der Waals surface area contributed by atoms with Crippen molar-refractivity contribution < 1.29 is 0 Å². The summed E-state index contributed by atoms with van der Waals surface area (Å²) in [5, 5.41) is 7.66. The molecule has 82 valence electrons. The summed E-state index contributed by atoms with van der Waals surface area (Å²) in [6, 6.07) is 0. The zero-order chi connectivity index (χ0) is 11.3. The predicted octanol–water partition coefficient (Wildman–Crippen LogP) is 1.29. The van der Waals surface area contributed by atoms with Crippen LogP contribution in [0.5, 0.6) is 0 Å². The molecule has 0 spiro atoms. The average molecular weight is 205 g/mol. The van der Waals surface area contributed by atoms with Gasteiger partial charge in [0.2, 0.25) is 0 Å². The van der Waals surface area contributed by atoms with Gasteiger partial charge in [-0.3, -0.25) is 4.68 Å². The molecule has 0 saturated carbocycles. The first-order valence-corrected chi connectivity index (χ1v) is 5.37. The van der Waals surface area contributed by atoms with E-state index in [-0.39, 0.29) is 0 Å². The van der Waals surface area contributed by atoms with Gasteiger partial charge in [0.1, 0.15) is 0 Å². The Bertz CT molecular complexity index is 358. The minimum atomic E-state index is 0.625. The molecule has 0 aliphatic rings. The zero-order valence-corrected chi connectivity index (χ0v) is 9.80. The minimum absolute atomic E-state index is 0.625. The Balaban J connectivity index is 2.59. The summed E-state index contributed by atoms with van der Waals surface area (Å²) in [6.45, 7) is 8.73. The molecule has 1 heterocycles. The van der Waals surface area contributed by atoms with Gasteiger partial charge in [0.15, 0.2) is 0 Å². The number of hydrogen-bond acceptors (Lipinski definition) is 2. The van der Waals surface area contributed by atoms with Gasteiger partial charge >= 0.3 is 0 Å². The Morgan fingerprint density at radius 1 is 1.47 bits per heavy atom. The topological polar surface area (TPSA) is 29.9 Å². The third-order valence-corrected chi connectivity index (χ3v) is 2.61. The number of terminal acetylenes is 1. The van der Waals surface area contributed by atoms with Crippen LogP contribution in [0.1, 0.15) is 23.9 Å². The van der Waals surface area contributed by atoms with Gasteiger partial charge in [-0.05, 0) is 25.8 Å². The summed E-state index contributed by atoms with van der Waals surface area (Å²) in [5.74, 6) is 2.56. The van der Waals surface area contributed by atoms with Crippen molar-refractivity contribution in [1.82, 2.24) is 15.1 Å². The summed E-state index contributed by atoms with van der Waals surface area (Å²) in [7, 11) is 0. The van der Waals surface area contributed by atoms with Crippen LogP contribution in [-0.2, 0) is 13.0 Å². The molecule has 0 bridgehead atoms. The van der Waals surface area contributed by atoms with E-state index >= 15 is 0 Å². The molecule has 0 aliphatic carbocycles. The Labute approximate surface area is 91.9 Å². The Morgan fingerprint density at radius 3 is 2.73 bits per heavy atom. The summed E-state index contributed by atoms with van der Waals surface area (Å²) in [6.07, 6.45) is 6.20. The highest BCUT2D eigenvalue weighted by Crippen LogP contribution is 2.12. The van der Waals surface area contributed by atoms with Crippen LogP contribution in [0, 0.1) is 26.2 Å². The van der Waals surface area contributed by atoms with Gasteiger partial charge in [-0.1, -0.05) is 12.8 Å². The number of aryl methyl sites for hydroxylation is 1. The Morgan fingerprint density at radius 2 is 2.20 bits per heavy atom. The molecule has 1 aromatic rings. The van der Waals surface area contributed by atoms with Gasteiger partial charge in [-0.15, -0.1) is 6.42 Å². The van der Waals surface area contributed by atoms with Crippen molar-refractivity contribution in [3.05, 3.63) is 17.0 Å². The molecular weight excluding hydrogens is 186 g/mol. The van der Waals surface area contributed by atoms with Crippen molar-refractivity contribution in [1.29, 1.82) is 0 Å². The second-order valence-electron chi connectivity index (χ2n) is 3.61. The first-order chi connectivity index (χ1) is 7.20. The molecule has 0 radical (unpaired) electrons. The summed E-state index contributed by atoms with van der Waals surface area (Å²) >= 11 is 0. The number of rotatable bonds is 5. The molecule has 0 aromatic carbocycles. The quantitative estimate of drug-likeness (QED) is 0.580. The van der Waals surface area contributed by atoms with E-state index in [0.717, 1.165) is 25.2 Å². The highest BCUT2D eigenvalue weighted by Gasteiger charge is 2.08. The molecule has 1 aromatic heterocycles. The van der Waals surface area contributed by atoms with E-state index in [1.807, 2.05) is 0 Å². The second-order valence-corrected chi connectivity index (χ2v) is 3.61. The first kappa shape index (κ1) is 11.8. The van der Waals surface area contributed by atoms with E-state index in [4.69, 9.17) is 6.42 Å². The van der Waals surface area contributed by atoms with Crippen LogP contribution in [0.4, 0.5) is 0 Å². The van der Waals surface area contributed by atoms with E-state index in [1.54, 1.807) is 0 Å². The first-order valence-electron chi connectivity index (χ1n) is 5.37. The standard InChI is InChI=1S/C12H19N3/c1-5-7-13-8-9-15-11(4)12(6-2)10(3)14-15/h1,13H,6-9H2,2-4H3. The fraction of sp³-hybridized carbons (Fsp3) is 0.583. The van der Waals surface area contributed by atoms with Crippen molar-refractivity contribution >= 4 is 0 Å². The molecule has 15 heavy (non-hydrogen) atoms. The zero-order valence-electron chi connectivity index (χ0n) is 9.80. The van der Waals surface area contributed by atoms with Crippen LogP contribution in [-0.4, -0.2) is 22.9 Å². The number of aromatic nitrogens is 2. The van der Waals surface area contributed by atoms with Crippen LogP contribution in [0.2, 0.25) is 0 Å². The predicted molar refractivity (Wildman–Crippen MR) is 62.8 cm³/mol. The van der Waals surface area contributed by atoms with Crippen molar-refractivity contribution in [3.63, 3.8) is 0 Å². The molecule has 0 saturated heterocycles. The maximum Gasteiger partial charge on any atom is 0.0628 e. The van der Waals surface area contributed by atoms with Crippen LogP contribution in [0.3, 0.4) is 0 Å². The molecule has 0 atom stereocenters. The number of hydrogen-bond donors (Lipinski definition) is 1. The van der Waals surface area contributed by atoms with Gasteiger partial charge in [0.25, 0.3) is 0 Å².